The van der Waals surface area contributed by atoms with Gasteiger partial charge in [0.05, 0.1) is 6.26 Å². The normalized spacial score (nSPS) is 31.9. The van der Waals surface area contributed by atoms with Crippen molar-refractivity contribution in [3.8, 4) is 11.5 Å². The maximum atomic E-state index is 12.9. The van der Waals surface area contributed by atoms with Crippen LogP contribution in [0.5, 0.6) is 0 Å². The first-order chi connectivity index (χ1) is 12.6. The van der Waals surface area contributed by atoms with Crippen molar-refractivity contribution < 1.29 is 18.7 Å². The molecule has 6 nitrogen and oxygen atoms in total. The molecule has 2 aromatic heterocycles. The maximum Gasteiger partial charge on any atom is 0.356 e. The standard InChI is InChI=1S/C20H22N2O4/c23-18(20-8-12-4-13(9-20)6-14(5-12)10-20)11-26-19(24)16-7-15(21-22-16)17-2-1-3-25-17/h1-3,7,12-14H,4-6,8-11H2,(H,21,22). The molecule has 136 valence electrons. The summed E-state index contributed by atoms with van der Waals surface area (Å²) in [4.78, 5) is 25.2. The van der Waals surface area contributed by atoms with Gasteiger partial charge in [0.25, 0.3) is 0 Å². The molecule has 0 saturated heterocycles. The van der Waals surface area contributed by atoms with Gasteiger partial charge in [0.15, 0.2) is 18.2 Å². The lowest BCUT2D eigenvalue weighted by atomic mass is 9.48. The van der Waals surface area contributed by atoms with Gasteiger partial charge in [-0.1, -0.05) is 0 Å². The minimum atomic E-state index is -0.548. The lowest BCUT2D eigenvalue weighted by molar-refractivity contribution is -0.147. The Hall–Kier alpha value is -2.37. The molecule has 4 aliphatic carbocycles. The van der Waals surface area contributed by atoms with Crippen LogP contribution in [0, 0.1) is 23.2 Å². The predicted molar refractivity (Wildman–Crippen MR) is 92.2 cm³/mol. The zero-order chi connectivity index (χ0) is 17.7. The first-order valence-electron chi connectivity index (χ1n) is 9.41. The van der Waals surface area contributed by atoms with Crippen LogP contribution < -0.4 is 0 Å². The molecule has 4 saturated carbocycles. The van der Waals surface area contributed by atoms with Crippen molar-refractivity contribution in [1.82, 2.24) is 10.2 Å². The van der Waals surface area contributed by atoms with Crippen molar-refractivity contribution in [2.24, 2.45) is 23.2 Å². The second-order valence-electron chi connectivity index (χ2n) is 8.34. The van der Waals surface area contributed by atoms with Gasteiger partial charge in [-0.2, -0.15) is 5.10 Å². The van der Waals surface area contributed by atoms with E-state index in [-0.39, 0.29) is 23.5 Å². The van der Waals surface area contributed by atoms with Crippen LogP contribution in [-0.2, 0) is 9.53 Å². The fourth-order valence-electron chi connectivity index (χ4n) is 5.79. The molecule has 4 aliphatic rings. The Bertz CT molecular complexity index is 801. The number of H-pyrrole nitrogens is 1. The van der Waals surface area contributed by atoms with Crippen molar-refractivity contribution >= 4 is 11.8 Å². The van der Waals surface area contributed by atoms with Gasteiger partial charge in [0, 0.05) is 11.5 Å². The molecule has 0 aromatic carbocycles. The van der Waals surface area contributed by atoms with Crippen molar-refractivity contribution in [2.45, 2.75) is 38.5 Å². The monoisotopic (exact) mass is 354 g/mol. The minimum absolute atomic E-state index is 0.107. The number of Topliss-reactive ketones (excluding diaryl/α,β-unsaturated/α-hetero) is 1. The van der Waals surface area contributed by atoms with E-state index >= 15 is 0 Å². The molecule has 6 rings (SSSR count). The van der Waals surface area contributed by atoms with E-state index in [1.807, 2.05) is 0 Å². The van der Waals surface area contributed by atoms with Gasteiger partial charge in [-0.15, -0.1) is 0 Å². The third kappa shape index (κ3) is 2.59. The number of furan rings is 1. The minimum Gasteiger partial charge on any atom is -0.463 e. The summed E-state index contributed by atoms with van der Waals surface area (Å²) in [5, 5.41) is 6.71. The number of carbonyl (C=O) groups excluding carboxylic acids is 2. The number of carbonyl (C=O) groups is 2. The number of nitrogens with zero attached hydrogens (tertiary/aromatic N) is 1. The highest BCUT2D eigenvalue weighted by Crippen LogP contribution is 2.60. The highest BCUT2D eigenvalue weighted by atomic mass is 16.5. The zero-order valence-corrected chi connectivity index (χ0v) is 14.6. The summed E-state index contributed by atoms with van der Waals surface area (Å²) in [5.74, 6) is 2.23. The molecule has 2 heterocycles. The third-order valence-corrected chi connectivity index (χ3v) is 6.54. The van der Waals surface area contributed by atoms with E-state index in [9.17, 15) is 9.59 Å². The highest BCUT2D eigenvalue weighted by Gasteiger charge is 2.54. The zero-order valence-electron chi connectivity index (χ0n) is 14.6. The molecule has 4 fully saturated rings. The summed E-state index contributed by atoms with van der Waals surface area (Å²) in [5.41, 5.74) is 0.534. The Morgan fingerprint density at radius 2 is 1.88 bits per heavy atom. The summed E-state index contributed by atoms with van der Waals surface area (Å²) in [7, 11) is 0. The van der Waals surface area contributed by atoms with E-state index in [1.165, 1.54) is 19.3 Å². The molecule has 0 radical (unpaired) electrons. The van der Waals surface area contributed by atoms with Crippen LogP contribution >= 0.6 is 0 Å². The number of hydrogen-bond acceptors (Lipinski definition) is 5. The van der Waals surface area contributed by atoms with Crippen LogP contribution in [0.4, 0.5) is 0 Å². The Morgan fingerprint density at radius 1 is 1.19 bits per heavy atom. The van der Waals surface area contributed by atoms with E-state index in [0.717, 1.165) is 19.3 Å². The molecular formula is C20H22N2O4. The van der Waals surface area contributed by atoms with E-state index in [2.05, 4.69) is 10.2 Å². The van der Waals surface area contributed by atoms with Crippen LogP contribution in [0.15, 0.2) is 28.9 Å². The van der Waals surface area contributed by atoms with E-state index in [1.54, 1.807) is 24.5 Å². The first-order valence-corrected chi connectivity index (χ1v) is 9.41. The van der Waals surface area contributed by atoms with Crippen LogP contribution in [0.25, 0.3) is 11.5 Å². The molecule has 4 bridgehead atoms. The summed E-state index contributed by atoms with van der Waals surface area (Å²) in [6, 6.07) is 5.10. The fourth-order valence-corrected chi connectivity index (χ4v) is 5.79. The second-order valence-corrected chi connectivity index (χ2v) is 8.34. The lowest BCUT2D eigenvalue weighted by Gasteiger charge is -2.55. The molecule has 1 N–H and O–H groups in total. The molecule has 6 heteroatoms. The van der Waals surface area contributed by atoms with Gasteiger partial charge in [-0.05, 0) is 68.4 Å². The summed E-state index contributed by atoms with van der Waals surface area (Å²) in [6.45, 7) is -0.139. The van der Waals surface area contributed by atoms with Gasteiger partial charge >= 0.3 is 5.97 Å². The van der Waals surface area contributed by atoms with Crippen molar-refractivity contribution in [3.63, 3.8) is 0 Å². The van der Waals surface area contributed by atoms with Gasteiger partial charge in [-0.25, -0.2) is 4.79 Å². The van der Waals surface area contributed by atoms with Gasteiger partial charge in [0.2, 0.25) is 0 Å². The molecular weight excluding hydrogens is 332 g/mol. The second kappa shape index (κ2) is 5.83. The van der Waals surface area contributed by atoms with E-state index in [0.29, 0.717) is 29.2 Å². The van der Waals surface area contributed by atoms with Gasteiger partial charge in [0.1, 0.15) is 11.4 Å². The molecule has 0 amide bonds. The molecule has 0 aliphatic heterocycles. The lowest BCUT2D eigenvalue weighted by Crippen LogP contribution is -2.51. The van der Waals surface area contributed by atoms with Crippen molar-refractivity contribution in [2.75, 3.05) is 6.61 Å². The number of aromatic nitrogens is 2. The Labute approximate surface area is 151 Å². The highest BCUT2D eigenvalue weighted by molar-refractivity contribution is 5.92. The van der Waals surface area contributed by atoms with Gasteiger partial charge in [-0.3, -0.25) is 9.89 Å². The number of nitrogens with one attached hydrogen (secondary N) is 1. The van der Waals surface area contributed by atoms with Crippen molar-refractivity contribution in [1.29, 1.82) is 0 Å². The maximum absolute atomic E-state index is 12.9. The summed E-state index contributed by atoms with van der Waals surface area (Å²) < 4.78 is 10.6. The van der Waals surface area contributed by atoms with Crippen LogP contribution in [-0.4, -0.2) is 28.6 Å². The number of ether oxygens (including phenoxy) is 1. The molecule has 0 atom stereocenters. The SMILES string of the molecule is O=C(OCC(=O)C12CC3CC(CC(C3)C1)C2)c1cc(-c2ccco2)n[nH]1. The Morgan fingerprint density at radius 3 is 2.50 bits per heavy atom. The predicted octanol–water partition coefficient (Wildman–Crippen LogP) is 3.61. The number of rotatable bonds is 5. The first kappa shape index (κ1) is 15.9. The molecule has 0 unspecified atom stereocenters. The van der Waals surface area contributed by atoms with E-state index in [4.69, 9.17) is 9.15 Å². The fraction of sp³-hybridized carbons (Fsp3) is 0.550. The summed E-state index contributed by atoms with van der Waals surface area (Å²) in [6.07, 6.45) is 8.38. The third-order valence-electron chi connectivity index (χ3n) is 6.54. The quantitative estimate of drug-likeness (QED) is 0.829. The average molecular weight is 354 g/mol. The molecule has 2 aromatic rings. The number of aromatic amines is 1. The Balaban J connectivity index is 1.24. The summed E-state index contributed by atoms with van der Waals surface area (Å²) >= 11 is 0. The van der Waals surface area contributed by atoms with Crippen molar-refractivity contribution in [3.05, 3.63) is 30.2 Å². The largest absolute Gasteiger partial charge is 0.463 e. The van der Waals surface area contributed by atoms with Gasteiger partial charge < -0.3 is 9.15 Å². The van der Waals surface area contributed by atoms with Crippen LogP contribution in [0.1, 0.15) is 49.0 Å². The van der Waals surface area contributed by atoms with Crippen LogP contribution in [0.3, 0.4) is 0 Å². The average Bonchev–Trinajstić information content (AvgIpc) is 3.29. The smallest absolute Gasteiger partial charge is 0.356 e. The molecule has 26 heavy (non-hydrogen) atoms. The molecule has 0 spiro atoms. The topological polar surface area (TPSA) is 85.2 Å². The van der Waals surface area contributed by atoms with E-state index < -0.39 is 5.97 Å². The van der Waals surface area contributed by atoms with Crippen LogP contribution in [0.2, 0.25) is 0 Å². The Kier molecular flexibility index (Phi) is 3.55. The number of ketones is 1. The number of hydrogen-bond donors (Lipinski definition) is 1. The number of esters is 1.